The second-order valence-corrected chi connectivity index (χ2v) is 7.67. The van der Waals surface area contributed by atoms with Crippen LogP contribution in [0.3, 0.4) is 0 Å². The van der Waals surface area contributed by atoms with Gasteiger partial charge >= 0.3 is 0 Å². The first-order valence-electron chi connectivity index (χ1n) is 6.58. The molecule has 0 bridgehead atoms. The van der Waals surface area contributed by atoms with Gasteiger partial charge < -0.3 is 15.3 Å². The summed E-state index contributed by atoms with van der Waals surface area (Å²) in [4.78, 5) is 13.1. The summed E-state index contributed by atoms with van der Waals surface area (Å²) in [6.07, 6.45) is -1.36. The van der Waals surface area contributed by atoms with E-state index in [1.807, 2.05) is 0 Å². The molecule has 0 saturated carbocycles. The molecule has 2 atom stereocenters. The van der Waals surface area contributed by atoms with Gasteiger partial charge in [-0.05, 0) is 19.1 Å². The van der Waals surface area contributed by atoms with Crippen LogP contribution in [0.2, 0.25) is 0 Å². The van der Waals surface area contributed by atoms with Gasteiger partial charge in [-0.25, -0.2) is 12.8 Å². The van der Waals surface area contributed by atoms with E-state index in [1.54, 1.807) is 11.8 Å². The van der Waals surface area contributed by atoms with Crippen LogP contribution < -0.4 is 10.2 Å². The summed E-state index contributed by atoms with van der Waals surface area (Å²) in [5.41, 5.74) is 0.814. The number of hydrogen-bond donors (Lipinski definition) is 2. The summed E-state index contributed by atoms with van der Waals surface area (Å²) in [6, 6.07) is 2.23. The molecule has 2 aliphatic rings. The minimum Gasteiger partial charge on any atom is -0.378 e. The van der Waals surface area contributed by atoms with Crippen LogP contribution in [0.1, 0.15) is 18.6 Å². The smallest absolute Gasteiger partial charge is 0.257 e. The topological polar surface area (TPSA) is 86.7 Å². The molecule has 8 heteroatoms. The molecule has 1 fully saturated rings. The first-order valence-corrected chi connectivity index (χ1v) is 8.40. The van der Waals surface area contributed by atoms with Crippen molar-refractivity contribution in [1.82, 2.24) is 0 Å². The van der Waals surface area contributed by atoms with E-state index in [0.29, 0.717) is 5.69 Å². The normalized spacial score (nSPS) is 27.4. The fourth-order valence-electron chi connectivity index (χ4n) is 2.83. The van der Waals surface area contributed by atoms with Crippen LogP contribution in [0.5, 0.6) is 0 Å². The molecule has 1 aromatic carbocycles. The van der Waals surface area contributed by atoms with Crippen molar-refractivity contribution in [3.05, 3.63) is 23.5 Å². The molecule has 1 amide bonds. The lowest BCUT2D eigenvalue weighted by Crippen LogP contribution is -2.47. The molecule has 1 aromatic rings. The predicted octanol–water partition coefficient (Wildman–Crippen LogP) is 0.434. The number of hydrogen-bond acceptors (Lipinski definition) is 5. The van der Waals surface area contributed by atoms with E-state index in [9.17, 15) is 22.7 Å². The second kappa shape index (κ2) is 4.67. The summed E-state index contributed by atoms with van der Waals surface area (Å²) < 4.78 is 37.4. The highest BCUT2D eigenvalue weighted by Gasteiger charge is 2.33. The number of halogens is 1. The zero-order valence-corrected chi connectivity index (χ0v) is 12.2. The van der Waals surface area contributed by atoms with Crippen LogP contribution in [0.15, 0.2) is 12.1 Å². The minimum absolute atomic E-state index is 0.0250. The van der Waals surface area contributed by atoms with Crippen molar-refractivity contribution in [1.29, 1.82) is 0 Å². The van der Waals surface area contributed by atoms with Gasteiger partial charge in [-0.1, -0.05) is 0 Å². The average Bonchev–Trinajstić information content (AvgIpc) is 2.64. The number of anilines is 2. The number of carbonyl (C=O) groups is 1. The van der Waals surface area contributed by atoms with E-state index in [1.165, 1.54) is 6.07 Å². The zero-order valence-electron chi connectivity index (χ0n) is 11.3. The van der Waals surface area contributed by atoms with Crippen molar-refractivity contribution in [2.45, 2.75) is 19.1 Å². The van der Waals surface area contributed by atoms with Crippen LogP contribution in [0.25, 0.3) is 0 Å². The van der Waals surface area contributed by atoms with E-state index in [4.69, 9.17) is 0 Å². The minimum atomic E-state index is -3.09. The predicted molar refractivity (Wildman–Crippen MR) is 75.5 cm³/mol. The largest absolute Gasteiger partial charge is 0.378 e. The molecule has 2 aliphatic heterocycles. The molecule has 0 aromatic heterocycles. The number of sulfone groups is 1. The lowest BCUT2D eigenvalue weighted by atomic mass is 10.1. The molecule has 2 heterocycles. The lowest BCUT2D eigenvalue weighted by Gasteiger charge is -2.35. The SMILES string of the molecule is CC1CS(=O)(=O)CCN1c1cc2c(cc1F)C(O)C(=O)N2. The molecule has 2 N–H and O–H groups in total. The number of carbonyl (C=O) groups excluding carboxylic acids is 1. The number of nitrogens with one attached hydrogen (secondary N) is 1. The van der Waals surface area contributed by atoms with Gasteiger partial charge in [0.2, 0.25) is 0 Å². The highest BCUT2D eigenvalue weighted by molar-refractivity contribution is 7.91. The van der Waals surface area contributed by atoms with Crippen molar-refractivity contribution in [3.63, 3.8) is 0 Å². The monoisotopic (exact) mass is 314 g/mol. The molecule has 6 nitrogen and oxygen atoms in total. The fourth-order valence-corrected chi connectivity index (χ4v) is 4.39. The quantitative estimate of drug-likeness (QED) is 0.785. The Bertz CT molecular complexity index is 719. The van der Waals surface area contributed by atoms with Crippen LogP contribution in [-0.4, -0.2) is 43.5 Å². The van der Waals surface area contributed by atoms with Gasteiger partial charge in [-0.15, -0.1) is 0 Å². The van der Waals surface area contributed by atoms with Gasteiger partial charge in [0.15, 0.2) is 15.9 Å². The maximum absolute atomic E-state index is 14.3. The lowest BCUT2D eigenvalue weighted by molar-refractivity contribution is -0.123. The van der Waals surface area contributed by atoms with E-state index in [-0.39, 0.29) is 35.3 Å². The molecule has 0 aliphatic carbocycles. The molecule has 114 valence electrons. The molecule has 0 radical (unpaired) electrons. The summed E-state index contributed by atoms with van der Waals surface area (Å²) in [5.74, 6) is -1.22. The van der Waals surface area contributed by atoms with Crippen molar-refractivity contribution in [2.75, 3.05) is 28.3 Å². The average molecular weight is 314 g/mol. The van der Waals surface area contributed by atoms with Crippen LogP contribution in [0.4, 0.5) is 15.8 Å². The Morgan fingerprint density at radius 2 is 2.14 bits per heavy atom. The van der Waals surface area contributed by atoms with Gasteiger partial charge in [0.1, 0.15) is 5.82 Å². The highest BCUT2D eigenvalue weighted by Crippen LogP contribution is 2.37. The molecule has 0 spiro atoms. The number of aliphatic hydroxyl groups is 1. The number of fused-ring (bicyclic) bond motifs is 1. The molecular formula is C13H15FN2O4S. The third-order valence-corrected chi connectivity index (χ3v) is 5.69. The van der Waals surface area contributed by atoms with Crippen molar-refractivity contribution >= 4 is 27.1 Å². The van der Waals surface area contributed by atoms with Crippen LogP contribution in [0, 0.1) is 5.82 Å². The molecule has 3 rings (SSSR count). The summed E-state index contributed by atoms with van der Waals surface area (Å²) in [5, 5.41) is 12.1. The van der Waals surface area contributed by atoms with Gasteiger partial charge in [0.05, 0.1) is 17.2 Å². The van der Waals surface area contributed by atoms with Gasteiger partial charge in [0, 0.05) is 23.8 Å². The Morgan fingerprint density at radius 1 is 1.43 bits per heavy atom. The number of amides is 1. The Kier molecular flexibility index (Phi) is 3.18. The third-order valence-electron chi connectivity index (χ3n) is 3.90. The fraction of sp³-hybridized carbons (Fsp3) is 0.462. The van der Waals surface area contributed by atoms with Crippen molar-refractivity contribution in [3.8, 4) is 0 Å². The van der Waals surface area contributed by atoms with E-state index >= 15 is 0 Å². The Labute approximate surface area is 121 Å². The Hall–Kier alpha value is -1.67. The number of rotatable bonds is 1. The summed E-state index contributed by atoms with van der Waals surface area (Å²) in [7, 11) is -3.09. The maximum Gasteiger partial charge on any atom is 0.257 e. The maximum atomic E-state index is 14.3. The van der Waals surface area contributed by atoms with Crippen LogP contribution >= 0.6 is 0 Å². The van der Waals surface area contributed by atoms with Crippen LogP contribution in [-0.2, 0) is 14.6 Å². The first-order chi connectivity index (χ1) is 9.78. The van der Waals surface area contributed by atoms with Gasteiger partial charge in [0.25, 0.3) is 5.91 Å². The third kappa shape index (κ3) is 2.38. The second-order valence-electron chi connectivity index (χ2n) is 5.44. The standard InChI is InChI=1S/C13H15FN2O4S/c1-7-6-21(19,20)3-2-16(7)11-5-10-8(4-9(11)14)12(17)13(18)15-10/h4-5,7,12,17H,2-3,6H2,1H3,(H,15,18). The molecular weight excluding hydrogens is 299 g/mol. The highest BCUT2D eigenvalue weighted by atomic mass is 32.2. The van der Waals surface area contributed by atoms with E-state index in [0.717, 1.165) is 6.07 Å². The zero-order chi connectivity index (χ0) is 15.4. The van der Waals surface area contributed by atoms with E-state index < -0.39 is 27.7 Å². The number of nitrogens with zero attached hydrogens (tertiary/aromatic N) is 1. The Balaban J connectivity index is 1.98. The van der Waals surface area contributed by atoms with E-state index in [2.05, 4.69) is 5.32 Å². The molecule has 2 unspecified atom stereocenters. The first kappa shape index (κ1) is 14.3. The summed E-state index contributed by atoms with van der Waals surface area (Å²) >= 11 is 0. The summed E-state index contributed by atoms with van der Waals surface area (Å²) in [6.45, 7) is 1.92. The molecule has 1 saturated heterocycles. The number of aliphatic hydroxyl groups excluding tert-OH is 1. The number of benzene rings is 1. The Morgan fingerprint density at radius 3 is 2.81 bits per heavy atom. The van der Waals surface area contributed by atoms with Gasteiger partial charge in [-0.3, -0.25) is 4.79 Å². The van der Waals surface area contributed by atoms with Crippen molar-refractivity contribution < 1.29 is 22.7 Å². The van der Waals surface area contributed by atoms with Gasteiger partial charge in [-0.2, -0.15) is 0 Å². The van der Waals surface area contributed by atoms with Crippen molar-refractivity contribution in [2.24, 2.45) is 0 Å². The molecule has 21 heavy (non-hydrogen) atoms.